The maximum atomic E-state index is 3.63. The van der Waals surface area contributed by atoms with Crippen LogP contribution in [0, 0.1) is 0 Å². The molecule has 1 fully saturated rings. The van der Waals surface area contributed by atoms with Gasteiger partial charge in [0.25, 0.3) is 0 Å². The third kappa shape index (κ3) is 3.65. The first-order valence-corrected chi connectivity index (χ1v) is 4.21. The van der Waals surface area contributed by atoms with Crippen LogP contribution >= 0.6 is 0 Å². The minimum Gasteiger partial charge on any atom is -0.307 e. The molecule has 1 aliphatic rings. The van der Waals surface area contributed by atoms with Crippen molar-refractivity contribution in [1.82, 2.24) is 5.32 Å². The first-order valence-electron chi connectivity index (χ1n) is 4.21. The maximum absolute atomic E-state index is 3.63. The van der Waals surface area contributed by atoms with Crippen molar-refractivity contribution in [2.75, 3.05) is 0 Å². The van der Waals surface area contributed by atoms with E-state index in [-0.39, 0.29) is 18.9 Å². The van der Waals surface area contributed by atoms with Crippen LogP contribution in [-0.4, -0.2) is 29.9 Å². The molecule has 1 nitrogen and oxygen atoms in total. The molecule has 0 aromatic heterocycles. The molecule has 1 rings (SSSR count). The molecule has 0 aromatic carbocycles. The van der Waals surface area contributed by atoms with Gasteiger partial charge in [0.1, 0.15) is 0 Å². The van der Waals surface area contributed by atoms with Crippen molar-refractivity contribution in [3.63, 3.8) is 0 Å². The zero-order chi connectivity index (χ0) is 7.83. The van der Waals surface area contributed by atoms with Crippen LogP contribution in [0.15, 0.2) is 0 Å². The van der Waals surface area contributed by atoms with Gasteiger partial charge in [-0.15, -0.1) is 0 Å². The molecular formula is C9H19LiN. The van der Waals surface area contributed by atoms with Crippen molar-refractivity contribution >= 4 is 18.9 Å². The topological polar surface area (TPSA) is 12.0 Å². The van der Waals surface area contributed by atoms with Gasteiger partial charge in [0.2, 0.25) is 0 Å². The van der Waals surface area contributed by atoms with Crippen LogP contribution in [0.3, 0.4) is 0 Å². The summed E-state index contributed by atoms with van der Waals surface area (Å²) in [4.78, 5) is 0. The van der Waals surface area contributed by atoms with E-state index in [1.807, 2.05) is 0 Å². The van der Waals surface area contributed by atoms with Crippen molar-refractivity contribution < 1.29 is 0 Å². The zero-order valence-electron chi connectivity index (χ0n) is 8.62. The Hall–Kier alpha value is 0.557. The average Bonchev–Trinajstić information content (AvgIpc) is 1.56. The second-order valence-corrected chi connectivity index (χ2v) is 4.75. The van der Waals surface area contributed by atoms with Crippen molar-refractivity contribution in [1.29, 1.82) is 0 Å². The van der Waals surface area contributed by atoms with Crippen molar-refractivity contribution in [2.45, 2.75) is 58.0 Å². The Balaban J connectivity index is 0.000001000. The average molecular weight is 148 g/mol. The molecule has 0 bridgehead atoms. The largest absolute Gasteiger partial charge is 0.307 e. The van der Waals surface area contributed by atoms with Gasteiger partial charge in [-0.2, -0.15) is 0 Å². The molecule has 1 aliphatic heterocycles. The molecule has 0 spiro atoms. The van der Waals surface area contributed by atoms with E-state index in [9.17, 15) is 0 Å². The predicted molar refractivity (Wildman–Crippen MR) is 50.9 cm³/mol. The summed E-state index contributed by atoms with van der Waals surface area (Å²) in [6.07, 6.45) is 4.00. The molecule has 61 valence electrons. The molecule has 0 aliphatic carbocycles. The van der Waals surface area contributed by atoms with E-state index < -0.39 is 0 Å². The third-order valence-corrected chi connectivity index (χ3v) is 2.28. The van der Waals surface area contributed by atoms with Gasteiger partial charge in [-0.05, 0) is 47.0 Å². The Kier molecular flexibility index (Phi) is 3.70. The second kappa shape index (κ2) is 3.52. The monoisotopic (exact) mass is 148 g/mol. The molecule has 2 heteroatoms. The number of rotatable bonds is 0. The number of piperidine rings is 1. The SMILES string of the molecule is CC1(C)CCCC(C)(C)N1.[Li]. The van der Waals surface area contributed by atoms with Crippen molar-refractivity contribution in [3.8, 4) is 0 Å². The molecule has 0 aromatic rings. The van der Waals surface area contributed by atoms with Crippen LogP contribution in [0.1, 0.15) is 47.0 Å². The van der Waals surface area contributed by atoms with Crippen LogP contribution in [-0.2, 0) is 0 Å². The number of nitrogens with one attached hydrogen (secondary N) is 1. The predicted octanol–water partition coefficient (Wildman–Crippen LogP) is 1.94. The summed E-state index contributed by atoms with van der Waals surface area (Å²) >= 11 is 0. The number of hydrogen-bond acceptors (Lipinski definition) is 1. The molecule has 1 saturated heterocycles. The first-order chi connectivity index (χ1) is 4.41. The fraction of sp³-hybridized carbons (Fsp3) is 1.00. The molecule has 0 unspecified atom stereocenters. The van der Waals surface area contributed by atoms with Gasteiger partial charge in [-0.25, -0.2) is 0 Å². The fourth-order valence-corrected chi connectivity index (χ4v) is 2.01. The van der Waals surface area contributed by atoms with Gasteiger partial charge in [-0.3, -0.25) is 0 Å². The molecule has 1 N–H and O–H groups in total. The Bertz CT molecular complexity index is 116. The Morgan fingerprint density at radius 3 is 1.45 bits per heavy atom. The van der Waals surface area contributed by atoms with Gasteiger partial charge in [0.15, 0.2) is 0 Å². The van der Waals surface area contributed by atoms with Crippen LogP contribution in [0.5, 0.6) is 0 Å². The van der Waals surface area contributed by atoms with Crippen LogP contribution in [0.2, 0.25) is 0 Å². The molecule has 1 heterocycles. The van der Waals surface area contributed by atoms with Crippen LogP contribution < -0.4 is 5.32 Å². The summed E-state index contributed by atoms with van der Waals surface area (Å²) < 4.78 is 0. The Morgan fingerprint density at radius 1 is 0.909 bits per heavy atom. The molecule has 0 atom stereocenters. The molecule has 0 saturated carbocycles. The van der Waals surface area contributed by atoms with Gasteiger partial charge in [0, 0.05) is 29.9 Å². The van der Waals surface area contributed by atoms with Gasteiger partial charge >= 0.3 is 0 Å². The summed E-state index contributed by atoms with van der Waals surface area (Å²) in [5.41, 5.74) is 0.726. The van der Waals surface area contributed by atoms with E-state index >= 15 is 0 Å². The smallest absolute Gasteiger partial charge is 0.0130 e. The van der Waals surface area contributed by atoms with Crippen molar-refractivity contribution in [2.24, 2.45) is 0 Å². The Morgan fingerprint density at radius 2 is 1.27 bits per heavy atom. The van der Waals surface area contributed by atoms with E-state index in [2.05, 4.69) is 33.0 Å². The molecule has 0 amide bonds. The van der Waals surface area contributed by atoms with Gasteiger partial charge < -0.3 is 5.32 Å². The Labute approximate surface area is 82.5 Å². The van der Waals surface area contributed by atoms with E-state index in [1.54, 1.807) is 0 Å². The minimum atomic E-state index is 0. The van der Waals surface area contributed by atoms with E-state index in [1.165, 1.54) is 19.3 Å². The third-order valence-electron chi connectivity index (χ3n) is 2.28. The van der Waals surface area contributed by atoms with Gasteiger partial charge in [-0.1, -0.05) is 0 Å². The quantitative estimate of drug-likeness (QED) is 0.518. The minimum absolute atomic E-state index is 0. The summed E-state index contributed by atoms with van der Waals surface area (Å²) in [5, 5.41) is 3.63. The number of hydrogen-bond donors (Lipinski definition) is 1. The van der Waals surface area contributed by atoms with Gasteiger partial charge in [0.05, 0.1) is 0 Å². The fourth-order valence-electron chi connectivity index (χ4n) is 2.01. The molecule has 11 heavy (non-hydrogen) atoms. The summed E-state index contributed by atoms with van der Waals surface area (Å²) in [5.74, 6) is 0. The normalized spacial score (nSPS) is 27.3. The van der Waals surface area contributed by atoms with Crippen molar-refractivity contribution in [3.05, 3.63) is 0 Å². The standard InChI is InChI=1S/C9H19N.Li/c1-8(2)6-5-7-9(3,4)10-8;/h10H,5-7H2,1-4H3;. The second-order valence-electron chi connectivity index (χ2n) is 4.75. The summed E-state index contributed by atoms with van der Waals surface area (Å²) in [7, 11) is 0. The van der Waals surface area contributed by atoms with E-state index in [4.69, 9.17) is 0 Å². The molecule has 1 radical (unpaired) electrons. The van der Waals surface area contributed by atoms with E-state index in [0.29, 0.717) is 11.1 Å². The van der Waals surface area contributed by atoms with Crippen LogP contribution in [0.4, 0.5) is 0 Å². The summed E-state index contributed by atoms with van der Waals surface area (Å²) in [6.45, 7) is 9.14. The van der Waals surface area contributed by atoms with Crippen LogP contribution in [0.25, 0.3) is 0 Å². The zero-order valence-corrected chi connectivity index (χ0v) is 8.62. The molecular weight excluding hydrogens is 129 g/mol. The first kappa shape index (κ1) is 11.6. The summed E-state index contributed by atoms with van der Waals surface area (Å²) in [6, 6.07) is 0. The maximum Gasteiger partial charge on any atom is 0.0130 e. The van der Waals surface area contributed by atoms with E-state index in [0.717, 1.165) is 0 Å².